The molecule has 0 fully saturated rings. The van der Waals surface area contributed by atoms with Gasteiger partial charge in [0, 0.05) is 26.6 Å². The zero-order valence-corrected chi connectivity index (χ0v) is 7.97. The molecule has 14 heavy (non-hydrogen) atoms. The van der Waals surface area contributed by atoms with E-state index in [1.54, 1.807) is 0 Å². The van der Waals surface area contributed by atoms with E-state index >= 15 is 0 Å². The van der Waals surface area contributed by atoms with E-state index < -0.39 is 12.7 Å². The Balaban J connectivity index is 3.91. The highest BCUT2D eigenvalue weighted by Crippen LogP contribution is 2.16. The summed E-state index contributed by atoms with van der Waals surface area (Å²) in [5, 5.41) is 8.25. The number of methoxy groups -OCH3 is 1. The van der Waals surface area contributed by atoms with Crippen LogP contribution in [0.3, 0.4) is 0 Å². The lowest BCUT2D eigenvalue weighted by Crippen LogP contribution is -2.37. The van der Waals surface area contributed by atoms with Gasteiger partial charge in [0.15, 0.2) is 0 Å². The molecule has 0 spiro atoms. The summed E-state index contributed by atoms with van der Waals surface area (Å²) in [4.78, 5) is 1.16. The number of ether oxygens (including phenoxy) is 1. The van der Waals surface area contributed by atoms with Crippen molar-refractivity contribution in [3.63, 3.8) is 0 Å². The first-order valence-electron chi connectivity index (χ1n) is 4.14. The second kappa shape index (κ2) is 6.62. The van der Waals surface area contributed by atoms with Gasteiger partial charge in [0.05, 0.1) is 19.2 Å². The molecular formula is C8H13F3N2O. The van der Waals surface area contributed by atoms with Crippen molar-refractivity contribution in [2.75, 3.05) is 33.4 Å². The minimum atomic E-state index is -4.22. The molecule has 0 aromatic heterocycles. The van der Waals surface area contributed by atoms with Gasteiger partial charge in [0.1, 0.15) is 0 Å². The third-order valence-electron chi connectivity index (χ3n) is 1.55. The molecule has 0 radical (unpaired) electrons. The standard InChI is InChI=1S/C8H13F3N2O/c1-14-6-5-13(4-2-3-12)7-8(9,10)11/h2,4-7H2,1H3. The van der Waals surface area contributed by atoms with E-state index in [0.717, 1.165) is 4.90 Å². The van der Waals surface area contributed by atoms with Crippen LogP contribution >= 0.6 is 0 Å². The van der Waals surface area contributed by atoms with E-state index in [1.165, 1.54) is 7.11 Å². The Morgan fingerprint density at radius 1 is 1.36 bits per heavy atom. The Hall–Kier alpha value is -0.800. The predicted molar refractivity (Wildman–Crippen MR) is 44.6 cm³/mol. The van der Waals surface area contributed by atoms with Crippen LogP contribution in [-0.4, -0.2) is 44.4 Å². The molecule has 0 saturated heterocycles. The number of nitrogens with zero attached hydrogens (tertiary/aromatic N) is 2. The summed E-state index contributed by atoms with van der Waals surface area (Å²) in [5.41, 5.74) is 0. The van der Waals surface area contributed by atoms with Crippen molar-refractivity contribution < 1.29 is 17.9 Å². The van der Waals surface area contributed by atoms with Crippen LogP contribution in [0.15, 0.2) is 0 Å². The highest BCUT2D eigenvalue weighted by molar-refractivity contribution is 4.73. The molecule has 0 aliphatic heterocycles. The van der Waals surface area contributed by atoms with Crippen molar-refractivity contribution in [3.8, 4) is 6.07 Å². The largest absolute Gasteiger partial charge is 0.401 e. The fourth-order valence-electron chi connectivity index (χ4n) is 0.952. The highest BCUT2D eigenvalue weighted by atomic mass is 19.4. The van der Waals surface area contributed by atoms with Gasteiger partial charge in [-0.1, -0.05) is 0 Å². The molecule has 0 aromatic carbocycles. The molecule has 3 nitrogen and oxygen atoms in total. The van der Waals surface area contributed by atoms with Crippen molar-refractivity contribution >= 4 is 0 Å². The average molecular weight is 210 g/mol. The van der Waals surface area contributed by atoms with Gasteiger partial charge in [-0.3, -0.25) is 4.90 Å². The Morgan fingerprint density at radius 2 is 2.00 bits per heavy atom. The monoisotopic (exact) mass is 210 g/mol. The second-order valence-corrected chi connectivity index (χ2v) is 2.79. The predicted octanol–water partition coefficient (Wildman–Crippen LogP) is 1.41. The number of hydrogen-bond donors (Lipinski definition) is 0. The average Bonchev–Trinajstić information content (AvgIpc) is 2.07. The molecule has 0 atom stereocenters. The van der Waals surface area contributed by atoms with E-state index in [0.29, 0.717) is 0 Å². The quantitative estimate of drug-likeness (QED) is 0.665. The molecule has 82 valence electrons. The van der Waals surface area contributed by atoms with Gasteiger partial charge in [0.25, 0.3) is 0 Å². The van der Waals surface area contributed by atoms with E-state index in [2.05, 4.69) is 4.74 Å². The summed E-state index contributed by atoms with van der Waals surface area (Å²) in [6.45, 7) is -0.434. The van der Waals surface area contributed by atoms with E-state index in [1.807, 2.05) is 6.07 Å². The van der Waals surface area contributed by atoms with Crippen LogP contribution < -0.4 is 0 Å². The highest BCUT2D eigenvalue weighted by Gasteiger charge is 2.30. The van der Waals surface area contributed by atoms with E-state index in [4.69, 9.17) is 5.26 Å². The minimum Gasteiger partial charge on any atom is -0.383 e. The first-order valence-corrected chi connectivity index (χ1v) is 4.14. The van der Waals surface area contributed by atoms with Crippen LogP contribution in [-0.2, 0) is 4.74 Å². The van der Waals surface area contributed by atoms with Crippen LogP contribution in [0, 0.1) is 11.3 Å². The van der Waals surface area contributed by atoms with Gasteiger partial charge < -0.3 is 4.74 Å². The van der Waals surface area contributed by atoms with Gasteiger partial charge in [-0.2, -0.15) is 18.4 Å². The number of alkyl halides is 3. The zero-order chi connectivity index (χ0) is 11.0. The number of hydrogen-bond acceptors (Lipinski definition) is 3. The van der Waals surface area contributed by atoms with Crippen molar-refractivity contribution in [1.29, 1.82) is 5.26 Å². The molecule has 0 aromatic rings. The van der Waals surface area contributed by atoms with Crippen LogP contribution in [0.2, 0.25) is 0 Å². The molecule has 6 heteroatoms. The normalized spacial score (nSPS) is 11.7. The minimum absolute atomic E-state index is 0.0970. The first-order chi connectivity index (χ1) is 6.49. The molecule has 0 amide bonds. The lowest BCUT2D eigenvalue weighted by Gasteiger charge is -2.21. The Bertz CT molecular complexity index is 188. The van der Waals surface area contributed by atoms with Gasteiger partial charge >= 0.3 is 6.18 Å². The maximum absolute atomic E-state index is 12.0. The third-order valence-corrected chi connectivity index (χ3v) is 1.55. The smallest absolute Gasteiger partial charge is 0.383 e. The maximum atomic E-state index is 12.0. The maximum Gasteiger partial charge on any atom is 0.401 e. The molecule has 0 heterocycles. The number of rotatable bonds is 6. The van der Waals surface area contributed by atoms with Gasteiger partial charge in [-0.05, 0) is 0 Å². The Kier molecular flexibility index (Phi) is 6.25. The molecule has 0 bridgehead atoms. The Morgan fingerprint density at radius 3 is 2.43 bits per heavy atom. The summed E-state index contributed by atoms with van der Waals surface area (Å²) in [5.74, 6) is 0. The number of nitriles is 1. The summed E-state index contributed by atoms with van der Waals surface area (Å²) in [6.07, 6.45) is -4.12. The van der Waals surface area contributed by atoms with Gasteiger partial charge in [-0.15, -0.1) is 0 Å². The Labute approximate surface area is 81.1 Å². The van der Waals surface area contributed by atoms with Crippen molar-refractivity contribution in [2.24, 2.45) is 0 Å². The third kappa shape index (κ3) is 7.83. The van der Waals surface area contributed by atoms with Crippen LogP contribution in [0.25, 0.3) is 0 Å². The van der Waals surface area contributed by atoms with Crippen molar-refractivity contribution in [3.05, 3.63) is 0 Å². The van der Waals surface area contributed by atoms with Crippen molar-refractivity contribution in [1.82, 2.24) is 4.90 Å². The van der Waals surface area contributed by atoms with Crippen molar-refractivity contribution in [2.45, 2.75) is 12.6 Å². The zero-order valence-electron chi connectivity index (χ0n) is 7.97. The first kappa shape index (κ1) is 13.2. The van der Waals surface area contributed by atoms with Crippen LogP contribution in [0.5, 0.6) is 0 Å². The summed E-state index contributed by atoms with van der Waals surface area (Å²) in [6, 6.07) is 1.81. The lowest BCUT2D eigenvalue weighted by atomic mass is 10.4. The molecule has 0 N–H and O–H groups in total. The summed E-state index contributed by atoms with van der Waals surface area (Å²) < 4.78 is 40.7. The molecule has 0 rings (SSSR count). The molecule has 0 saturated carbocycles. The molecule has 0 aliphatic carbocycles. The number of halogens is 3. The van der Waals surface area contributed by atoms with Crippen LogP contribution in [0.4, 0.5) is 13.2 Å². The fourth-order valence-corrected chi connectivity index (χ4v) is 0.952. The molecular weight excluding hydrogens is 197 g/mol. The topological polar surface area (TPSA) is 36.3 Å². The van der Waals surface area contributed by atoms with E-state index in [-0.39, 0.29) is 26.1 Å². The molecule has 0 unspecified atom stereocenters. The fraction of sp³-hybridized carbons (Fsp3) is 0.875. The molecule has 0 aliphatic rings. The lowest BCUT2D eigenvalue weighted by molar-refractivity contribution is -0.146. The van der Waals surface area contributed by atoms with Gasteiger partial charge in [0.2, 0.25) is 0 Å². The SMILES string of the molecule is COCCN(CCC#N)CC(F)(F)F. The van der Waals surface area contributed by atoms with E-state index in [9.17, 15) is 13.2 Å². The second-order valence-electron chi connectivity index (χ2n) is 2.79. The van der Waals surface area contributed by atoms with Crippen LogP contribution in [0.1, 0.15) is 6.42 Å². The summed E-state index contributed by atoms with van der Waals surface area (Å²) in [7, 11) is 1.43. The summed E-state index contributed by atoms with van der Waals surface area (Å²) >= 11 is 0. The van der Waals surface area contributed by atoms with Gasteiger partial charge in [-0.25, -0.2) is 0 Å².